The van der Waals surface area contributed by atoms with E-state index < -0.39 is 5.97 Å². The van der Waals surface area contributed by atoms with Gasteiger partial charge in [0.05, 0.1) is 20.6 Å². The van der Waals surface area contributed by atoms with Crippen LogP contribution in [0.25, 0.3) is 11.0 Å². The van der Waals surface area contributed by atoms with Crippen molar-refractivity contribution in [2.75, 3.05) is 39.7 Å². The summed E-state index contributed by atoms with van der Waals surface area (Å²) in [7, 11) is 3.02. The molecule has 1 saturated heterocycles. The second kappa shape index (κ2) is 9.51. The smallest absolute Gasteiger partial charge is 0.304 e. The number of aliphatic hydroxyl groups is 1. The van der Waals surface area contributed by atoms with E-state index in [0.717, 1.165) is 18.5 Å². The Bertz CT molecular complexity index is 943. The molecule has 0 radical (unpaired) electrons. The molecule has 3 rings (SSSR count). The number of carboxylic acids is 1. The Morgan fingerprint density at radius 3 is 2.72 bits per heavy atom. The first kappa shape index (κ1) is 21.5. The van der Waals surface area contributed by atoms with Gasteiger partial charge in [-0.05, 0) is 18.9 Å². The molecule has 9 heteroatoms. The van der Waals surface area contributed by atoms with Crippen molar-refractivity contribution in [3.8, 4) is 11.5 Å². The van der Waals surface area contributed by atoms with Crippen molar-refractivity contribution >= 4 is 28.7 Å². The number of carbonyl (C=O) groups is 1. The number of methoxy groups -OCH3 is 2. The fourth-order valence-electron chi connectivity index (χ4n) is 3.76. The molecule has 2 heterocycles. The molecule has 0 bridgehead atoms. The zero-order valence-corrected chi connectivity index (χ0v) is 17.2. The highest BCUT2D eigenvalue weighted by Gasteiger charge is 2.32. The third-order valence-electron chi connectivity index (χ3n) is 5.16. The number of hydrogen-bond donors (Lipinski definition) is 3. The number of aliphatic carboxylic acids is 1. The van der Waals surface area contributed by atoms with Gasteiger partial charge in [0.25, 0.3) is 0 Å². The summed E-state index contributed by atoms with van der Waals surface area (Å²) < 4.78 is 17.1. The Kier molecular flexibility index (Phi) is 7.05. The van der Waals surface area contributed by atoms with Crippen LogP contribution in [0.1, 0.15) is 24.3 Å². The number of benzene rings is 1. The predicted octanol–water partition coefficient (Wildman–Crippen LogP) is 2.06. The molecule has 29 heavy (non-hydrogen) atoms. The van der Waals surface area contributed by atoms with E-state index in [1.807, 2.05) is 0 Å². The minimum Gasteiger partial charge on any atom is -0.496 e. The van der Waals surface area contributed by atoms with E-state index in [2.05, 4.69) is 5.32 Å². The fourth-order valence-corrected chi connectivity index (χ4v) is 4.57. The Morgan fingerprint density at radius 2 is 2.07 bits per heavy atom. The van der Waals surface area contributed by atoms with Crippen molar-refractivity contribution in [3.63, 3.8) is 0 Å². The van der Waals surface area contributed by atoms with Crippen LogP contribution in [-0.4, -0.2) is 55.9 Å². The Morgan fingerprint density at radius 1 is 1.31 bits per heavy atom. The molecule has 158 valence electrons. The van der Waals surface area contributed by atoms with Gasteiger partial charge in [0.15, 0.2) is 10.5 Å². The maximum absolute atomic E-state index is 12.9. The summed E-state index contributed by atoms with van der Waals surface area (Å²) in [6, 6.07) is 3.04. The number of piperidine rings is 1. The largest absolute Gasteiger partial charge is 0.496 e. The number of fused-ring (bicyclic) bond motifs is 1. The van der Waals surface area contributed by atoms with E-state index in [4.69, 9.17) is 19.0 Å². The maximum atomic E-state index is 12.9. The second-order valence-electron chi connectivity index (χ2n) is 6.86. The van der Waals surface area contributed by atoms with E-state index in [0.29, 0.717) is 34.1 Å². The predicted molar refractivity (Wildman–Crippen MR) is 109 cm³/mol. The first-order valence-corrected chi connectivity index (χ1v) is 10.4. The van der Waals surface area contributed by atoms with Crippen LogP contribution in [0.4, 0.5) is 0 Å². The SMILES string of the molecule is COc1cc(OC)c2c(=O)cc(SCCC(=O)O)oc2c1C1CCNCC1CO. The van der Waals surface area contributed by atoms with Crippen molar-refractivity contribution in [1.82, 2.24) is 5.32 Å². The number of nitrogens with one attached hydrogen (secondary N) is 1. The zero-order chi connectivity index (χ0) is 21.0. The molecular weight excluding hydrogens is 398 g/mol. The van der Waals surface area contributed by atoms with E-state index in [1.54, 1.807) is 13.2 Å². The monoisotopic (exact) mass is 423 g/mol. The number of thioether (sulfide) groups is 1. The molecule has 0 aliphatic carbocycles. The van der Waals surface area contributed by atoms with Crippen molar-refractivity contribution in [2.45, 2.75) is 23.9 Å². The minimum absolute atomic E-state index is 0.00831. The van der Waals surface area contributed by atoms with E-state index in [-0.39, 0.29) is 36.0 Å². The average Bonchev–Trinajstić information content (AvgIpc) is 2.72. The molecule has 1 aromatic heterocycles. The molecule has 1 aliphatic heterocycles. The second-order valence-corrected chi connectivity index (χ2v) is 7.96. The number of ether oxygens (including phenoxy) is 2. The molecular formula is C20H25NO7S. The number of aliphatic hydroxyl groups excluding tert-OH is 1. The highest BCUT2D eigenvalue weighted by Crippen LogP contribution is 2.44. The highest BCUT2D eigenvalue weighted by molar-refractivity contribution is 7.99. The van der Waals surface area contributed by atoms with Gasteiger partial charge in [0.2, 0.25) is 0 Å². The minimum atomic E-state index is -0.912. The summed E-state index contributed by atoms with van der Waals surface area (Å²) in [5.74, 6) is 0.147. The first-order valence-electron chi connectivity index (χ1n) is 9.39. The molecule has 0 spiro atoms. The van der Waals surface area contributed by atoms with Crippen LogP contribution in [0, 0.1) is 5.92 Å². The molecule has 2 unspecified atom stereocenters. The summed E-state index contributed by atoms with van der Waals surface area (Å²) >= 11 is 1.18. The van der Waals surface area contributed by atoms with Gasteiger partial charge in [0, 0.05) is 42.5 Å². The molecule has 3 N–H and O–H groups in total. The van der Waals surface area contributed by atoms with Gasteiger partial charge >= 0.3 is 5.97 Å². The van der Waals surface area contributed by atoms with Crippen LogP contribution in [0.5, 0.6) is 11.5 Å². The van der Waals surface area contributed by atoms with Crippen molar-refractivity contribution in [2.24, 2.45) is 5.92 Å². The van der Waals surface area contributed by atoms with Crippen LogP contribution < -0.4 is 20.2 Å². The Labute approximate surface area is 172 Å². The van der Waals surface area contributed by atoms with Crippen LogP contribution in [-0.2, 0) is 4.79 Å². The van der Waals surface area contributed by atoms with Crippen LogP contribution in [0.15, 0.2) is 26.4 Å². The van der Waals surface area contributed by atoms with Gasteiger partial charge in [-0.15, -0.1) is 0 Å². The zero-order valence-electron chi connectivity index (χ0n) is 16.4. The summed E-state index contributed by atoms with van der Waals surface area (Å²) in [6.07, 6.45) is 0.713. The van der Waals surface area contributed by atoms with Crippen molar-refractivity contribution in [3.05, 3.63) is 27.9 Å². The van der Waals surface area contributed by atoms with Gasteiger partial charge in [-0.25, -0.2) is 0 Å². The van der Waals surface area contributed by atoms with Crippen molar-refractivity contribution < 1.29 is 28.9 Å². The third-order valence-corrected chi connectivity index (χ3v) is 6.05. The molecule has 2 atom stereocenters. The van der Waals surface area contributed by atoms with Gasteiger partial charge in [-0.2, -0.15) is 0 Å². The fraction of sp³-hybridized carbons (Fsp3) is 0.500. The lowest BCUT2D eigenvalue weighted by Gasteiger charge is -2.32. The lowest BCUT2D eigenvalue weighted by Crippen LogP contribution is -2.37. The molecule has 1 fully saturated rings. The molecule has 8 nitrogen and oxygen atoms in total. The van der Waals surface area contributed by atoms with Gasteiger partial charge < -0.3 is 29.4 Å². The quantitative estimate of drug-likeness (QED) is 0.548. The number of carboxylic acid groups (broad SMARTS) is 1. The Hall–Kier alpha value is -2.23. The van der Waals surface area contributed by atoms with E-state index >= 15 is 0 Å². The van der Waals surface area contributed by atoms with Crippen LogP contribution in [0.2, 0.25) is 0 Å². The van der Waals surface area contributed by atoms with Crippen LogP contribution in [0.3, 0.4) is 0 Å². The third kappa shape index (κ3) is 4.52. The molecule has 1 aliphatic rings. The first-order chi connectivity index (χ1) is 14.0. The summed E-state index contributed by atoms with van der Waals surface area (Å²) in [4.78, 5) is 23.7. The normalized spacial score (nSPS) is 19.3. The lowest BCUT2D eigenvalue weighted by atomic mass is 9.80. The summed E-state index contributed by atoms with van der Waals surface area (Å²) in [5, 5.41) is 22.7. The molecule has 1 aromatic carbocycles. The van der Waals surface area contributed by atoms with E-state index in [1.165, 1.54) is 24.9 Å². The molecule has 2 aromatic rings. The lowest BCUT2D eigenvalue weighted by molar-refractivity contribution is -0.136. The van der Waals surface area contributed by atoms with Crippen molar-refractivity contribution in [1.29, 1.82) is 0 Å². The van der Waals surface area contributed by atoms with Gasteiger partial charge in [0.1, 0.15) is 22.5 Å². The Balaban J connectivity index is 2.20. The van der Waals surface area contributed by atoms with Crippen LogP contribution >= 0.6 is 11.8 Å². The van der Waals surface area contributed by atoms with E-state index in [9.17, 15) is 14.7 Å². The molecule has 0 amide bonds. The summed E-state index contributed by atoms with van der Waals surface area (Å²) in [5.41, 5.74) is 0.845. The van der Waals surface area contributed by atoms with Gasteiger partial charge in [-0.3, -0.25) is 9.59 Å². The summed E-state index contributed by atoms with van der Waals surface area (Å²) in [6.45, 7) is 1.41. The number of rotatable bonds is 8. The maximum Gasteiger partial charge on any atom is 0.304 e. The standard InChI is InChI=1S/C20H25NO7S/c1-26-14-8-15(27-2)19-13(23)7-17(29-6-4-16(24)25)28-20(19)18(14)12-3-5-21-9-11(12)10-22/h7-8,11-12,21-22H,3-6,9-10H2,1-2H3,(H,24,25). The number of hydrogen-bond acceptors (Lipinski definition) is 8. The van der Waals surface area contributed by atoms with Gasteiger partial charge in [-0.1, -0.05) is 11.8 Å². The highest BCUT2D eigenvalue weighted by atomic mass is 32.2. The molecule has 0 saturated carbocycles. The average molecular weight is 423 g/mol. The topological polar surface area (TPSA) is 118 Å².